The van der Waals surface area contributed by atoms with Crippen LogP contribution in [-0.2, 0) is 22.6 Å². The van der Waals surface area contributed by atoms with Crippen LogP contribution in [0.5, 0.6) is 0 Å². The van der Waals surface area contributed by atoms with E-state index in [4.69, 9.17) is 17.3 Å². The predicted molar refractivity (Wildman–Crippen MR) is 121 cm³/mol. The van der Waals surface area contributed by atoms with E-state index < -0.39 is 6.04 Å². The quantitative estimate of drug-likeness (QED) is 0.698. The zero-order valence-electron chi connectivity index (χ0n) is 16.7. The lowest BCUT2D eigenvalue weighted by atomic mass is 9.99. The first kappa shape index (κ1) is 23.2. The number of aryl methyl sites for hydroxylation is 1. The van der Waals surface area contributed by atoms with Crippen LogP contribution in [0.1, 0.15) is 37.8 Å². The highest BCUT2D eigenvalue weighted by atomic mass is 35.5. The van der Waals surface area contributed by atoms with E-state index in [0.717, 1.165) is 16.8 Å². The van der Waals surface area contributed by atoms with E-state index in [1.54, 1.807) is 4.90 Å². The zero-order valence-corrected chi connectivity index (χ0v) is 18.2. The number of carbonyl (C=O) groups is 2. The number of rotatable bonds is 6. The van der Waals surface area contributed by atoms with E-state index in [-0.39, 0.29) is 24.2 Å². The zero-order chi connectivity index (χ0) is 20.3. The molecule has 0 aliphatic carbocycles. The van der Waals surface area contributed by atoms with Crippen molar-refractivity contribution < 1.29 is 9.59 Å². The van der Waals surface area contributed by atoms with Crippen LogP contribution in [0, 0.1) is 5.92 Å². The molecule has 0 fully saturated rings. The number of benzene rings is 2. The Morgan fingerprint density at radius 1 is 1.17 bits per heavy atom. The van der Waals surface area contributed by atoms with Gasteiger partial charge in [-0.2, -0.15) is 0 Å². The number of anilines is 2. The van der Waals surface area contributed by atoms with E-state index in [9.17, 15) is 9.59 Å². The van der Waals surface area contributed by atoms with Crippen molar-refractivity contribution >= 4 is 47.2 Å². The molecule has 29 heavy (non-hydrogen) atoms. The van der Waals surface area contributed by atoms with Gasteiger partial charge in [-0.15, -0.1) is 12.4 Å². The van der Waals surface area contributed by atoms with Gasteiger partial charge in [0.15, 0.2) is 0 Å². The summed E-state index contributed by atoms with van der Waals surface area (Å²) in [6.45, 7) is 4.57. The van der Waals surface area contributed by atoms with Gasteiger partial charge in [-0.1, -0.05) is 37.6 Å². The molecule has 1 atom stereocenters. The first-order chi connectivity index (χ1) is 13.3. The fraction of sp³-hybridized carbons (Fsp3) is 0.364. The third-order valence-corrected chi connectivity index (χ3v) is 5.12. The van der Waals surface area contributed by atoms with Crippen LogP contribution in [0.15, 0.2) is 42.5 Å². The maximum Gasteiger partial charge on any atom is 0.241 e. The number of hydrogen-bond acceptors (Lipinski definition) is 3. The van der Waals surface area contributed by atoms with E-state index in [1.165, 1.54) is 0 Å². The molecular formula is C22H27Cl2N3O2. The number of fused-ring (bicyclic) bond motifs is 1. The fourth-order valence-electron chi connectivity index (χ4n) is 3.43. The molecule has 3 rings (SSSR count). The van der Waals surface area contributed by atoms with Crippen molar-refractivity contribution in [3.8, 4) is 0 Å². The van der Waals surface area contributed by atoms with Gasteiger partial charge >= 0.3 is 0 Å². The molecule has 0 bridgehead atoms. The van der Waals surface area contributed by atoms with Gasteiger partial charge in [0.05, 0.1) is 12.6 Å². The van der Waals surface area contributed by atoms with Crippen molar-refractivity contribution in [3.63, 3.8) is 0 Å². The van der Waals surface area contributed by atoms with Crippen LogP contribution >= 0.6 is 24.0 Å². The molecule has 0 saturated carbocycles. The summed E-state index contributed by atoms with van der Waals surface area (Å²) in [6, 6.07) is 12.6. The summed E-state index contributed by atoms with van der Waals surface area (Å²) in [7, 11) is 0. The molecule has 0 radical (unpaired) electrons. The second-order valence-electron chi connectivity index (χ2n) is 7.68. The number of nitrogens with two attached hydrogens (primary N) is 1. The second-order valence-corrected chi connectivity index (χ2v) is 8.11. The van der Waals surface area contributed by atoms with E-state index in [2.05, 4.69) is 5.32 Å². The Labute approximate surface area is 183 Å². The Morgan fingerprint density at radius 2 is 1.86 bits per heavy atom. The Bertz CT molecular complexity index is 869. The van der Waals surface area contributed by atoms with Crippen LogP contribution in [0.2, 0.25) is 5.02 Å². The van der Waals surface area contributed by atoms with Gasteiger partial charge in [-0.05, 0) is 60.2 Å². The minimum absolute atomic E-state index is 0. The summed E-state index contributed by atoms with van der Waals surface area (Å²) in [4.78, 5) is 26.6. The first-order valence-corrected chi connectivity index (χ1v) is 9.95. The Hall–Kier alpha value is -2.08. The molecule has 0 unspecified atom stereocenters. The van der Waals surface area contributed by atoms with Gasteiger partial charge in [0.25, 0.3) is 0 Å². The molecule has 5 nitrogen and oxygen atoms in total. The normalized spacial score (nSPS) is 14.2. The molecule has 0 saturated heterocycles. The molecule has 1 heterocycles. The molecule has 156 valence electrons. The standard InChI is InChI=1S/C22H26ClN3O2.ClH/c1-14(2)11-19(24)22(28)25-18-8-9-20-16(12-18)5-10-21(27)26(20)13-15-3-6-17(23)7-4-15;/h3-4,6-9,12,14,19H,5,10-11,13,24H2,1-2H3,(H,25,28);1H/t19-;/m0./s1. The van der Waals surface area contributed by atoms with Crippen molar-refractivity contribution in [3.05, 3.63) is 58.6 Å². The van der Waals surface area contributed by atoms with Gasteiger partial charge < -0.3 is 16.0 Å². The van der Waals surface area contributed by atoms with Crippen LogP contribution in [0.4, 0.5) is 11.4 Å². The highest BCUT2D eigenvalue weighted by molar-refractivity contribution is 6.30. The predicted octanol–water partition coefficient (Wildman–Crippen LogP) is 4.55. The van der Waals surface area contributed by atoms with Crippen molar-refractivity contribution in [2.24, 2.45) is 11.7 Å². The van der Waals surface area contributed by atoms with Gasteiger partial charge in [-0.25, -0.2) is 0 Å². The van der Waals surface area contributed by atoms with Gasteiger partial charge in [0.1, 0.15) is 0 Å². The Kier molecular flexibility index (Phi) is 8.08. The smallest absolute Gasteiger partial charge is 0.241 e. The van der Waals surface area contributed by atoms with Crippen LogP contribution in [-0.4, -0.2) is 17.9 Å². The Balaban J connectivity index is 0.00000300. The van der Waals surface area contributed by atoms with Gasteiger partial charge in [0.2, 0.25) is 11.8 Å². The average Bonchev–Trinajstić information content (AvgIpc) is 2.65. The lowest BCUT2D eigenvalue weighted by Crippen LogP contribution is -2.37. The lowest BCUT2D eigenvalue weighted by Gasteiger charge is -2.30. The van der Waals surface area contributed by atoms with E-state index in [0.29, 0.717) is 42.4 Å². The number of carbonyl (C=O) groups excluding carboxylic acids is 2. The molecule has 2 aromatic carbocycles. The summed E-state index contributed by atoms with van der Waals surface area (Å²) in [5.74, 6) is 0.272. The largest absolute Gasteiger partial charge is 0.325 e. The molecule has 7 heteroatoms. The molecule has 1 aliphatic heterocycles. The molecule has 2 amide bonds. The summed E-state index contributed by atoms with van der Waals surface area (Å²) >= 11 is 5.95. The Morgan fingerprint density at radius 3 is 2.52 bits per heavy atom. The van der Waals surface area contributed by atoms with Crippen molar-refractivity contribution in [1.82, 2.24) is 0 Å². The van der Waals surface area contributed by atoms with Crippen molar-refractivity contribution in [1.29, 1.82) is 0 Å². The minimum Gasteiger partial charge on any atom is -0.325 e. The SMILES string of the molecule is CC(C)C[C@H](N)C(=O)Nc1ccc2c(c1)CCC(=O)N2Cc1ccc(Cl)cc1.Cl. The molecule has 1 aliphatic rings. The van der Waals surface area contributed by atoms with Gasteiger partial charge in [0, 0.05) is 22.8 Å². The number of halogens is 2. The monoisotopic (exact) mass is 435 g/mol. The van der Waals surface area contributed by atoms with E-state index in [1.807, 2.05) is 56.3 Å². The summed E-state index contributed by atoms with van der Waals surface area (Å²) in [5.41, 5.74) is 9.62. The summed E-state index contributed by atoms with van der Waals surface area (Å²) in [5, 5.41) is 3.57. The van der Waals surface area contributed by atoms with E-state index >= 15 is 0 Å². The maximum atomic E-state index is 12.5. The minimum atomic E-state index is -0.529. The average molecular weight is 436 g/mol. The molecule has 2 aromatic rings. The highest BCUT2D eigenvalue weighted by Gasteiger charge is 2.25. The fourth-order valence-corrected chi connectivity index (χ4v) is 3.56. The number of nitrogens with one attached hydrogen (secondary N) is 1. The van der Waals surface area contributed by atoms with Gasteiger partial charge in [-0.3, -0.25) is 9.59 Å². The summed E-state index contributed by atoms with van der Waals surface area (Å²) in [6.07, 6.45) is 1.75. The molecule has 0 aromatic heterocycles. The van der Waals surface area contributed by atoms with Crippen LogP contribution < -0.4 is 16.0 Å². The third-order valence-electron chi connectivity index (χ3n) is 4.86. The molecular weight excluding hydrogens is 409 g/mol. The number of hydrogen-bond donors (Lipinski definition) is 2. The topological polar surface area (TPSA) is 75.4 Å². The lowest BCUT2D eigenvalue weighted by molar-refractivity contribution is -0.119. The molecule has 3 N–H and O–H groups in total. The molecule has 0 spiro atoms. The second kappa shape index (κ2) is 10.1. The van der Waals surface area contributed by atoms with Crippen LogP contribution in [0.25, 0.3) is 0 Å². The maximum absolute atomic E-state index is 12.5. The third kappa shape index (κ3) is 5.95. The van der Waals surface area contributed by atoms with Crippen LogP contribution in [0.3, 0.4) is 0 Å². The number of amides is 2. The first-order valence-electron chi connectivity index (χ1n) is 9.57. The van der Waals surface area contributed by atoms with Crippen molar-refractivity contribution in [2.75, 3.05) is 10.2 Å². The summed E-state index contributed by atoms with van der Waals surface area (Å²) < 4.78 is 0. The number of nitrogens with zero attached hydrogens (tertiary/aromatic N) is 1. The highest BCUT2D eigenvalue weighted by Crippen LogP contribution is 2.31. The van der Waals surface area contributed by atoms with Crippen molar-refractivity contribution in [2.45, 2.75) is 45.7 Å².